The maximum atomic E-state index is 12.8. The summed E-state index contributed by atoms with van der Waals surface area (Å²) in [6, 6.07) is 5.34. The van der Waals surface area contributed by atoms with E-state index < -0.39 is 11.7 Å². The molecule has 2 rings (SSSR count). The van der Waals surface area contributed by atoms with Gasteiger partial charge in [-0.1, -0.05) is 6.92 Å². The summed E-state index contributed by atoms with van der Waals surface area (Å²) in [5.41, 5.74) is -0.534. The van der Waals surface area contributed by atoms with Crippen LogP contribution in [-0.4, -0.2) is 6.54 Å². The average Bonchev–Trinajstić information content (AvgIpc) is 3.16. The van der Waals surface area contributed by atoms with Crippen molar-refractivity contribution in [2.24, 2.45) is 5.41 Å². The van der Waals surface area contributed by atoms with E-state index in [0.717, 1.165) is 25.3 Å². The van der Waals surface area contributed by atoms with E-state index in [2.05, 4.69) is 12.2 Å². The van der Waals surface area contributed by atoms with Crippen LogP contribution in [0.2, 0.25) is 0 Å². The number of hydrogen-bond acceptors (Lipinski definition) is 2. The number of halogens is 3. The van der Waals surface area contributed by atoms with Crippen LogP contribution in [0, 0.1) is 16.7 Å². The number of nitrogens with zero attached hydrogens (tertiary/aromatic N) is 1. The molecular formula is C14H15F3N2. The van der Waals surface area contributed by atoms with Crippen LogP contribution in [0.25, 0.3) is 0 Å². The van der Waals surface area contributed by atoms with Gasteiger partial charge in [0.15, 0.2) is 0 Å². The van der Waals surface area contributed by atoms with Crippen molar-refractivity contribution in [3.8, 4) is 6.07 Å². The largest absolute Gasteiger partial charge is 0.417 e. The molecule has 102 valence electrons. The zero-order chi connectivity index (χ0) is 14.1. The normalized spacial score (nSPS) is 16.8. The van der Waals surface area contributed by atoms with Crippen molar-refractivity contribution in [1.29, 1.82) is 5.26 Å². The molecule has 5 heteroatoms. The molecule has 1 aromatic rings. The molecule has 0 aromatic heterocycles. The molecule has 1 aliphatic rings. The zero-order valence-corrected chi connectivity index (χ0v) is 10.6. The second-order valence-electron chi connectivity index (χ2n) is 5.08. The predicted molar refractivity (Wildman–Crippen MR) is 66.6 cm³/mol. The Morgan fingerprint density at radius 2 is 2.05 bits per heavy atom. The first-order valence-electron chi connectivity index (χ1n) is 6.25. The minimum Gasteiger partial charge on any atom is -0.384 e. The van der Waals surface area contributed by atoms with E-state index in [0.29, 0.717) is 12.2 Å². The molecule has 0 unspecified atom stereocenters. The van der Waals surface area contributed by atoms with Crippen molar-refractivity contribution in [1.82, 2.24) is 0 Å². The third-order valence-corrected chi connectivity index (χ3v) is 3.82. The summed E-state index contributed by atoms with van der Waals surface area (Å²) in [5, 5.41) is 11.8. The summed E-state index contributed by atoms with van der Waals surface area (Å²) < 4.78 is 38.4. The molecule has 1 fully saturated rings. The van der Waals surface area contributed by atoms with Crippen molar-refractivity contribution in [2.45, 2.75) is 32.4 Å². The molecule has 0 spiro atoms. The third-order valence-electron chi connectivity index (χ3n) is 3.82. The van der Waals surface area contributed by atoms with Gasteiger partial charge in [-0.2, -0.15) is 18.4 Å². The van der Waals surface area contributed by atoms with Crippen LogP contribution >= 0.6 is 0 Å². The van der Waals surface area contributed by atoms with E-state index in [-0.39, 0.29) is 11.0 Å². The number of anilines is 1. The minimum absolute atomic E-state index is 0.256. The SMILES string of the molecule is CCC1(CNc2ccc(C#N)c(C(F)(F)F)c2)CC1. The highest BCUT2D eigenvalue weighted by Crippen LogP contribution is 2.48. The lowest BCUT2D eigenvalue weighted by Gasteiger charge is -2.16. The van der Waals surface area contributed by atoms with Gasteiger partial charge in [0.25, 0.3) is 0 Å². The van der Waals surface area contributed by atoms with Crippen LogP contribution in [0.4, 0.5) is 18.9 Å². The molecule has 1 saturated carbocycles. The van der Waals surface area contributed by atoms with Gasteiger partial charge in [0, 0.05) is 12.2 Å². The lowest BCUT2D eigenvalue weighted by atomic mass is 10.0. The van der Waals surface area contributed by atoms with E-state index in [9.17, 15) is 13.2 Å². The molecule has 0 aliphatic heterocycles. The molecule has 0 saturated heterocycles. The smallest absolute Gasteiger partial charge is 0.384 e. The summed E-state index contributed by atoms with van der Waals surface area (Å²) in [6.45, 7) is 2.78. The highest BCUT2D eigenvalue weighted by atomic mass is 19.4. The lowest BCUT2D eigenvalue weighted by Crippen LogP contribution is -2.15. The Morgan fingerprint density at radius 3 is 2.53 bits per heavy atom. The fourth-order valence-electron chi connectivity index (χ4n) is 2.11. The molecule has 0 amide bonds. The summed E-state index contributed by atoms with van der Waals surface area (Å²) in [5.74, 6) is 0. The lowest BCUT2D eigenvalue weighted by molar-refractivity contribution is -0.137. The maximum Gasteiger partial charge on any atom is 0.417 e. The summed E-state index contributed by atoms with van der Waals surface area (Å²) in [7, 11) is 0. The molecule has 0 bridgehead atoms. The van der Waals surface area contributed by atoms with Gasteiger partial charge < -0.3 is 5.32 Å². The quantitative estimate of drug-likeness (QED) is 0.889. The summed E-state index contributed by atoms with van der Waals surface area (Å²) in [6.07, 6.45) is -1.22. The number of nitriles is 1. The van der Waals surface area contributed by atoms with Crippen LogP contribution in [0.5, 0.6) is 0 Å². The molecule has 1 aromatic carbocycles. The Labute approximate surface area is 110 Å². The molecular weight excluding hydrogens is 253 g/mol. The molecule has 1 N–H and O–H groups in total. The molecule has 0 heterocycles. The molecule has 1 aliphatic carbocycles. The first-order chi connectivity index (χ1) is 8.90. The van der Waals surface area contributed by atoms with Gasteiger partial charge in [-0.25, -0.2) is 0 Å². The van der Waals surface area contributed by atoms with Crippen molar-refractivity contribution in [3.05, 3.63) is 29.3 Å². The predicted octanol–water partition coefficient (Wildman–Crippen LogP) is 4.18. The highest BCUT2D eigenvalue weighted by molar-refractivity contribution is 5.53. The fraction of sp³-hybridized carbons (Fsp3) is 0.500. The second-order valence-corrected chi connectivity index (χ2v) is 5.08. The van der Waals surface area contributed by atoms with Crippen LogP contribution in [0.15, 0.2) is 18.2 Å². The highest BCUT2D eigenvalue weighted by Gasteiger charge is 2.40. The molecule has 2 nitrogen and oxygen atoms in total. The van der Waals surface area contributed by atoms with E-state index >= 15 is 0 Å². The van der Waals surface area contributed by atoms with E-state index in [4.69, 9.17) is 5.26 Å². The monoisotopic (exact) mass is 268 g/mol. The Morgan fingerprint density at radius 1 is 1.37 bits per heavy atom. The van der Waals surface area contributed by atoms with Gasteiger partial charge in [0.1, 0.15) is 0 Å². The van der Waals surface area contributed by atoms with Crippen LogP contribution in [0.3, 0.4) is 0 Å². The van der Waals surface area contributed by atoms with Crippen molar-refractivity contribution < 1.29 is 13.2 Å². The van der Waals surface area contributed by atoms with Gasteiger partial charge >= 0.3 is 6.18 Å². The van der Waals surface area contributed by atoms with Crippen LogP contribution < -0.4 is 5.32 Å². The number of hydrogen-bond donors (Lipinski definition) is 1. The maximum absolute atomic E-state index is 12.8. The number of rotatable bonds is 4. The van der Waals surface area contributed by atoms with Crippen molar-refractivity contribution in [3.63, 3.8) is 0 Å². The van der Waals surface area contributed by atoms with Gasteiger partial charge in [-0.3, -0.25) is 0 Å². The van der Waals surface area contributed by atoms with Crippen molar-refractivity contribution >= 4 is 5.69 Å². The van der Waals surface area contributed by atoms with Crippen LogP contribution in [-0.2, 0) is 6.18 Å². The Bertz CT molecular complexity index is 510. The van der Waals surface area contributed by atoms with Crippen molar-refractivity contribution in [2.75, 3.05) is 11.9 Å². The zero-order valence-electron chi connectivity index (χ0n) is 10.6. The number of nitrogens with one attached hydrogen (secondary N) is 1. The fourth-order valence-corrected chi connectivity index (χ4v) is 2.11. The van der Waals surface area contributed by atoms with E-state index in [1.54, 1.807) is 6.07 Å². The number of alkyl halides is 3. The first kappa shape index (κ1) is 13.7. The molecule has 0 radical (unpaired) electrons. The minimum atomic E-state index is -4.50. The second kappa shape index (κ2) is 4.76. The summed E-state index contributed by atoms with van der Waals surface area (Å²) >= 11 is 0. The Hall–Kier alpha value is -1.70. The van der Waals surface area contributed by atoms with E-state index in [1.165, 1.54) is 12.1 Å². The van der Waals surface area contributed by atoms with Gasteiger partial charge in [-0.05, 0) is 42.9 Å². The Balaban J connectivity index is 2.17. The summed E-state index contributed by atoms with van der Waals surface area (Å²) in [4.78, 5) is 0. The topological polar surface area (TPSA) is 35.8 Å². The first-order valence-corrected chi connectivity index (χ1v) is 6.25. The third kappa shape index (κ3) is 3.01. The molecule has 19 heavy (non-hydrogen) atoms. The Kier molecular flexibility index (Phi) is 3.44. The van der Waals surface area contributed by atoms with Crippen LogP contribution in [0.1, 0.15) is 37.3 Å². The average molecular weight is 268 g/mol. The van der Waals surface area contributed by atoms with Gasteiger partial charge in [0.05, 0.1) is 17.2 Å². The standard InChI is InChI=1S/C14H15F3N2/c1-2-13(5-6-13)9-19-11-4-3-10(8-18)12(7-11)14(15,16)17/h3-4,7,19H,2,5-6,9H2,1H3. The van der Waals surface area contributed by atoms with Gasteiger partial charge in [-0.15, -0.1) is 0 Å². The van der Waals surface area contributed by atoms with E-state index in [1.807, 2.05) is 0 Å². The number of benzene rings is 1. The molecule has 0 atom stereocenters. The van der Waals surface area contributed by atoms with Gasteiger partial charge in [0.2, 0.25) is 0 Å².